The van der Waals surface area contributed by atoms with Crippen LogP contribution in [-0.4, -0.2) is 58.4 Å². The van der Waals surface area contributed by atoms with Crippen molar-refractivity contribution in [1.29, 1.82) is 5.26 Å². The number of anilines is 1. The number of piperazine rings is 1. The third-order valence-corrected chi connectivity index (χ3v) is 6.94. The number of alkyl halides is 3. The number of ketones is 1. The topological polar surface area (TPSA) is 99.1 Å². The summed E-state index contributed by atoms with van der Waals surface area (Å²) >= 11 is 0. The van der Waals surface area contributed by atoms with Gasteiger partial charge in [-0.3, -0.25) is 9.69 Å². The van der Waals surface area contributed by atoms with Gasteiger partial charge < -0.3 is 9.32 Å². The van der Waals surface area contributed by atoms with Crippen LogP contribution in [-0.2, 0) is 11.0 Å². The summed E-state index contributed by atoms with van der Waals surface area (Å²) in [7, 11) is 0. The number of aromatic nitrogens is 3. The lowest BCUT2D eigenvalue weighted by Crippen LogP contribution is -2.48. The number of hydrogen-bond acceptors (Lipinski definition) is 8. The molecule has 234 valence electrons. The molecule has 2 aromatic heterocycles. The molecule has 44 heavy (non-hydrogen) atoms. The van der Waals surface area contributed by atoms with Gasteiger partial charge in [-0.25, -0.2) is 15.0 Å². The van der Waals surface area contributed by atoms with Crippen molar-refractivity contribution in [3.63, 3.8) is 0 Å². The number of fused-ring (bicyclic) bond motifs is 1. The number of allylic oxidation sites excluding steroid dienone is 7. The van der Waals surface area contributed by atoms with E-state index in [9.17, 15) is 23.2 Å². The molecule has 0 spiro atoms. The Bertz CT molecular complexity index is 1590. The summed E-state index contributed by atoms with van der Waals surface area (Å²) < 4.78 is 45.1. The predicted molar refractivity (Wildman–Crippen MR) is 165 cm³/mol. The van der Waals surface area contributed by atoms with Crippen LogP contribution in [0.25, 0.3) is 17.2 Å². The van der Waals surface area contributed by atoms with Gasteiger partial charge in [0.2, 0.25) is 11.8 Å². The zero-order chi connectivity index (χ0) is 32.3. The van der Waals surface area contributed by atoms with Gasteiger partial charge in [0, 0.05) is 56.4 Å². The molecule has 4 rings (SSSR count). The first kappa shape index (κ1) is 34.2. The number of Topliss-reactive ketones (excluding diaryl/α,β-unsaturated/α-hetero) is 1. The van der Waals surface area contributed by atoms with E-state index in [0.717, 1.165) is 41.6 Å². The first-order valence-electron chi connectivity index (χ1n) is 14.8. The van der Waals surface area contributed by atoms with Gasteiger partial charge in [-0.15, -0.1) is 0 Å². The Morgan fingerprint density at radius 1 is 1.18 bits per heavy atom. The summed E-state index contributed by atoms with van der Waals surface area (Å²) in [5, 5.41) is 10.1. The molecule has 11 heteroatoms. The molecule has 1 fully saturated rings. The van der Waals surface area contributed by atoms with Crippen LogP contribution in [0.2, 0.25) is 0 Å². The highest BCUT2D eigenvalue weighted by Gasteiger charge is 2.33. The normalized spacial score (nSPS) is 15.9. The maximum Gasteiger partial charge on any atom is 0.433 e. The Labute approximate surface area is 256 Å². The van der Waals surface area contributed by atoms with Crippen LogP contribution in [0, 0.1) is 11.3 Å². The number of nitriles is 1. The quantitative estimate of drug-likeness (QED) is 0.331. The lowest BCUT2D eigenvalue weighted by Gasteiger charge is -2.34. The number of carbonyl (C=O) groups excluding carboxylic acids is 1. The van der Waals surface area contributed by atoms with Crippen LogP contribution in [0.5, 0.6) is 0 Å². The number of halogens is 3. The van der Waals surface area contributed by atoms with Gasteiger partial charge in [0.1, 0.15) is 11.0 Å². The van der Waals surface area contributed by atoms with Crippen LogP contribution in [0.15, 0.2) is 58.7 Å². The minimum atomic E-state index is -4.53. The molecule has 1 saturated heterocycles. The Morgan fingerprint density at radius 3 is 2.55 bits per heavy atom. The van der Waals surface area contributed by atoms with Crippen molar-refractivity contribution in [2.24, 2.45) is 0 Å². The summed E-state index contributed by atoms with van der Waals surface area (Å²) in [4.78, 5) is 28.7. The molecule has 0 N–H and O–H groups in total. The molecule has 0 aromatic carbocycles. The fourth-order valence-electron chi connectivity index (χ4n) is 4.78. The van der Waals surface area contributed by atoms with Crippen LogP contribution in [0.4, 0.5) is 19.1 Å². The Morgan fingerprint density at radius 2 is 1.91 bits per heavy atom. The highest BCUT2D eigenvalue weighted by molar-refractivity contribution is 5.83. The SMILES string of the molecule is C=C(/C=C\C(=C/C)c1nc2c(o1)=C(CCC)C=C(C#N)CC=2)CC(=O)CN1CCN(c2nccc(C(F)(F)F)n2)CC1.CC. The molecule has 8 nitrogen and oxygen atoms in total. The van der Waals surface area contributed by atoms with Crippen LogP contribution in [0.1, 0.15) is 65.0 Å². The molecule has 2 aromatic rings. The van der Waals surface area contributed by atoms with Crippen molar-refractivity contribution in [2.75, 3.05) is 37.6 Å². The standard InChI is InChI=1S/C31H33F3N6O2.C2H6/c1-4-6-24-18-22(19-35)8-10-26-28(24)42-29(37-26)23(5-2)9-7-21(3)17-25(41)20-39-13-15-40(16-14-39)30-36-12-11-27(38-30)31(32,33)34;1-2/h5,7,9-12,18H,3-4,6,8,13-17,20H2,1-2H3;1-2H3/b9-7-,23-5+;. The van der Waals surface area contributed by atoms with E-state index < -0.39 is 11.9 Å². The molecule has 3 heterocycles. The van der Waals surface area contributed by atoms with Crippen molar-refractivity contribution >= 4 is 29.0 Å². The van der Waals surface area contributed by atoms with Gasteiger partial charge in [-0.05, 0) is 48.8 Å². The molecular formula is C33H39F3N6O2. The van der Waals surface area contributed by atoms with Gasteiger partial charge in [0.15, 0.2) is 11.2 Å². The largest absolute Gasteiger partial charge is 0.436 e. The van der Waals surface area contributed by atoms with E-state index in [2.05, 4.69) is 34.5 Å². The van der Waals surface area contributed by atoms with E-state index in [0.29, 0.717) is 55.1 Å². The average molecular weight is 609 g/mol. The first-order chi connectivity index (χ1) is 21.1. The average Bonchev–Trinajstić information content (AvgIpc) is 3.36. The number of rotatable bonds is 10. The fraction of sp³-hybridized carbons (Fsp3) is 0.424. The second-order valence-electron chi connectivity index (χ2n) is 10.2. The summed E-state index contributed by atoms with van der Waals surface area (Å²) in [5.41, 5.74) is 2.72. The minimum Gasteiger partial charge on any atom is -0.436 e. The predicted octanol–water partition coefficient (Wildman–Crippen LogP) is 5.39. The van der Waals surface area contributed by atoms with Crippen LogP contribution in [0.3, 0.4) is 0 Å². The maximum absolute atomic E-state index is 13.0. The number of carbonyl (C=O) groups is 1. The zero-order valence-electron chi connectivity index (χ0n) is 25.7. The molecule has 0 saturated carbocycles. The minimum absolute atomic E-state index is 0.00761. The van der Waals surface area contributed by atoms with Crippen molar-refractivity contribution in [1.82, 2.24) is 19.9 Å². The molecule has 0 radical (unpaired) electrons. The second-order valence-corrected chi connectivity index (χ2v) is 10.2. The van der Waals surface area contributed by atoms with Gasteiger partial charge in [-0.1, -0.05) is 45.9 Å². The maximum atomic E-state index is 13.0. The third-order valence-electron chi connectivity index (χ3n) is 6.94. The summed E-state index contributed by atoms with van der Waals surface area (Å²) in [6.45, 7) is 14.0. The highest BCUT2D eigenvalue weighted by Crippen LogP contribution is 2.28. The molecular weight excluding hydrogens is 569 g/mol. The summed E-state index contributed by atoms with van der Waals surface area (Å²) in [5.74, 6) is 0.489. The Kier molecular flexibility index (Phi) is 12.4. The van der Waals surface area contributed by atoms with Crippen molar-refractivity contribution in [3.8, 4) is 6.07 Å². The highest BCUT2D eigenvalue weighted by atomic mass is 19.4. The van der Waals surface area contributed by atoms with E-state index in [4.69, 9.17) is 4.42 Å². The van der Waals surface area contributed by atoms with Crippen molar-refractivity contribution < 1.29 is 22.4 Å². The van der Waals surface area contributed by atoms with E-state index in [1.54, 1.807) is 11.0 Å². The van der Waals surface area contributed by atoms with E-state index in [1.165, 1.54) is 0 Å². The molecule has 1 aliphatic heterocycles. The molecule has 0 amide bonds. The lowest BCUT2D eigenvalue weighted by atomic mass is 10.1. The van der Waals surface area contributed by atoms with Gasteiger partial charge >= 0.3 is 6.18 Å². The van der Waals surface area contributed by atoms with E-state index >= 15 is 0 Å². The fourth-order valence-corrected chi connectivity index (χ4v) is 4.78. The smallest absolute Gasteiger partial charge is 0.433 e. The van der Waals surface area contributed by atoms with Gasteiger partial charge in [0.25, 0.3) is 0 Å². The van der Waals surface area contributed by atoms with Gasteiger partial charge in [0.05, 0.1) is 12.6 Å². The zero-order valence-corrected chi connectivity index (χ0v) is 25.7. The third kappa shape index (κ3) is 9.10. The Hall–Kier alpha value is -4.30. The number of nitrogens with zero attached hydrogens (tertiary/aromatic N) is 6. The molecule has 0 unspecified atom stereocenters. The van der Waals surface area contributed by atoms with E-state index in [-0.39, 0.29) is 24.7 Å². The van der Waals surface area contributed by atoms with Crippen molar-refractivity contribution in [2.45, 2.75) is 59.6 Å². The van der Waals surface area contributed by atoms with Gasteiger partial charge in [-0.2, -0.15) is 18.4 Å². The van der Waals surface area contributed by atoms with E-state index in [1.807, 2.05) is 50.0 Å². The Balaban J connectivity index is 0.00000259. The molecule has 0 bridgehead atoms. The summed E-state index contributed by atoms with van der Waals surface area (Å²) in [6.07, 6.45) is 8.19. The number of oxazole rings is 1. The summed E-state index contributed by atoms with van der Waals surface area (Å²) in [6, 6.07) is 3.08. The molecule has 2 aliphatic rings. The van der Waals surface area contributed by atoms with Crippen molar-refractivity contribution in [3.05, 3.63) is 76.6 Å². The molecule has 0 atom stereocenters. The lowest BCUT2D eigenvalue weighted by molar-refractivity contribution is -0.141. The van der Waals surface area contributed by atoms with Crippen LogP contribution < -0.4 is 15.7 Å². The first-order valence-corrected chi connectivity index (χ1v) is 14.8. The second kappa shape index (κ2) is 16.0. The number of hydrogen-bond donors (Lipinski definition) is 0. The monoisotopic (exact) mass is 608 g/mol. The molecule has 1 aliphatic carbocycles. The van der Waals surface area contributed by atoms with Crippen LogP contribution >= 0.6 is 0 Å².